The number of halogens is 2. The summed E-state index contributed by atoms with van der Waals surface area (Å²) < 4.78 is 23.6. The normalized spacial score (nSPS) is 11.6. The van der Waals surface area contributed by atoms with Crippen molar-refractivity contribution in [2.75, 3.05) is 20.8 Å². The second-order valence-corrected chi connectivity index (χ2v) is 4.01. The number of rotatable bonds is 5. The van der Waals surface area contributed by atoms with Crippen molar-refractivity contribution in [1.29, 1.82) is 0 Å². The van der Waals surface area contributed by atoms with Gasteiger partial charge in [-0.2, -0.15) is 0 Å². The fraction of sp³-hybridized carbons (Fsp3) is 0.364. The third kappa shape index (κ3) is 4.38. The van der Waals surface area contributed by atoms with E-state index in [1.54, 1.807) is 26.5 Å². The van der Waals surface area contributed by atoms with Gasteiger partial charge in [0.05, 0.1) is 6.54 Å². The predicted molar refractivity (Wildman–Crippen MR) is 64.4 cm³/mol. The molecule has 0 radical (unpaired) electrons. The van der Waals surface area contributed by atoms with Gasteiger partial charge in [-0.05, 0) is 23.8 Å². The van der Waals surface area contributed by atoms with Crippen LogP contribution in [-0.2, 0) is 9.47 Å². The summed E-state index contributed by atoms with van der Waals surface area (Å²) in [6, 6.07) is 4.58. The quantitative estimate of drug-likeness (QED) is 0.616. The Balaban J connectivity index is 2.62. The van der Waals surface area contributed by atoms with Crippen LogP contribution in [0.3, 0.4) is 0 Å². The lowest BCUT2D eigenvalue weighted by atomic mass is 10.2. The molecule has 0 aliphatic carbocycles. The van der Waals surface area contributed by atoms with Gasteiger partial charge in [0.25, 0.3) is 0 Å². The Morgan fingerprint density at radius 3 is 2.62 bits per heavy atom. The Kier molecular flexibility index (Phi) is 5.59. The molecule has 0 aromatic heterocycles. The van der Waals surface area contributed by atoms with Crippen LogP contribution in [0.1, 0.15) is 5.56 Å². The molecule has 0 saturated heterocycles. The Morgan fingerprint density at radius 1 is 1.38 bits per heavy atom. The standard InChI is InChI=1S/C11H13BrFNO2/c1-15-11(16-2)7-14-6-8-3-9(12)5-10(13)4-8/h3-6,11H,7H2,1-2H3/b14-6+. The molecule has 0 bridgehead atoms. The van der Waals surface area contributed by atoms with E-state index in [9.17, 15) is 4.39 Å². The van der Waals surface area contributed by atoms with Crippen molar-refractivity contribution in [3.05, 3.63) is 34.1 Å². The van der Waals surface area contributed by atoms with E-state index in [0.717, 1.165) is 0 Å². The lowest BCUT2D eigenvalue weighted by Gasteiger charge is -2.09. The second-order valence-electron chi connectivity index (χ2n) is 3.10. The van der Waals surface area contributed by atoms with Crippen LogP contribution in [0.15, 0.2) is 27.7 Å². The topological polar surface area (TPSA) is 30.8 Å². The van der Waals surface area contributed by atoms with Crippen molar-refractivity contribution in [2.45, 2.75) is 6.29 Å². The number of methoxy groups -OCH3 is 2. The highest BCUT2D eigenvalue weighted by atomic mass is 79.9. The van der Waals surface area contributed by atoms with Gasteiger partial charge in [-0.15, -0.1) is 0 Å². The Hall–Kier alpha value is -0.780. The minimum atomic E-state index is -0.367. The summed E-state index contributed by atoms with van der Waals surface area (Å²) in [6.45, 7) is 0.376. The van der Waals surface area contributed by atoms with Crippen LogP contribution in [0.2, 0.25) is 0 Å². The molecule has 0 unspecified atom stereocenters. The molecule has 1 rings (SSSR count). The highest BCUT2D eigenvalue weighted by molar-refractivity contribution is 9.10. The molecular formula is C11H13BrFNO2. The molecule has 0 amide bonds. The molecule has 0 atom stereocenters. The number of hydrogen-bond acceptors (Lipinski definition) is 3. The monoisotopic (exact) mass is 289 g/mol. The molecule has 1 aromatic rings. The van der Waals surface area contributed by atoms with E-state index in [0.29, 0.717) is 16.6 Å². The van der Waals surface area contributed by atoms with E-state index in [-0.39, 0.29) is 12.1 Å². The average Bonchev–Trinajstić information content (AvgIpc) is 2.23. The van der Waals surface area contributed by atoms with E-state index >= 15 is 0 Å². The smallest absolute Gasteiger partial charge is 0.176 e. The predicted octanol–water partition coefficient (Wildman–Crippen LogP) is 2.63. The summed E-state index contributed by atoms with van der Waals surface area (Å²) in [5, 5.41) is 0. The summed E-state index contributed by atoms with van der Waals surface area (Å²) in [6.07, 6.45) is 1.21. The molecule has 3 nitrogen and oxygen atoms in total. The molecule has 0 aliphatic rings. The van der Waals surface area contributed by atoms with Crippen LogP contribution in [0.4, 0.5) is 4.39 Å². The lowest BCUT2D eigenvalue weighted by molar-refractivity contribution is -0.0936. The first-order valence-corrected chi connectivity index (χ1v) is 5.46. The number of hydrogen-bond donors (Lipinski definition) is 0. The highest BCUT2D eigenvalue weighted by Crippen LogP contribution is 2.13. The van der Waals surface area contributed by atoms with Gasteiger partial charge in [-0.1, -0.05) is 15.9 Å². The van der Waals surface area contributed by atoms with Crippen molar-refractivity contribution >= 4 is 22.1 Å². The Bertz CT molecular complexity index is 347. The summed E-state index contributed by atoms with van der Waals surface area (Å²) in [7, 11) is 3.09. The van der Waals surface area contributed by atoms with Crippen LogP contribution >= 0.6 is 15.9 Å². The van der Waals surface area contributed by atoms with E-state index in [2.05, 4.69) is 20.9 Å². The zero-order valence-corrected chi connectivity index (χ0v) is 10.7. The largest absolute Gasteiger partial charge is 0.354 e. The molecule has 0 saturated carbocycles. The minimum Gasteiger partial charge on any atom is -0.354 e. The van der Waals surface area contributed by atoms with E-state index < -0.39 is 0 Å². The maximum absolute atomic E-state index is 13.0. The fourth-order valence-corrected chi connectivity index (χ4v) is 1.62. The van der Waals surface area contributed by atoms with Gasteiger partial charge in [0.2, 0.25) is 0 Å². The molecule has 16 heavy (non-hydrogen) atoms. The first-order chi connectivity index (χ1) is 7.65. The average molecular weight is 290 g/mol. The first kappa shape index (κ1) is 13.3. The molecular weight excluding hydrogens is 277 g/mol. The zero-order chi connectivity index (χ0) is 12.0. The van der Waals surface area contributed by atoms with Gasteiger partial charge >= 0.3 is 0 Å². The van der Waals surface area contributed by atoms with Crippen LogP contribution in [0.5, 0.6) is 0 Å². The second kappa shape index (κ2) is 6.73. The maximum atomic E-state index is 13.0. The number of aliphatic imine (C=N–C) groups is 1. The summed E-state index contributed by atoms with van der Waals surface area (Å²) in [5.41, 5.74) is 0.692. The van der Waals surface area contributed by atoms with Crippen LogP contribution in [-0.4, -0.2) is 33.3 Å². The molecule has 88 valence electrons. The maximum Gasteiger partial charge on any atom is 0.176 e. The van der Waals surface area contributed by atoms with Crippen molar-refractivity contribution in [3.8, 4) is 0 Å². The highest BCUT2D eigenvalue weighted by Gasteiger charge is 2.02. The van der Waals surface area contributed by atoms with Gasteiger partial charge < -0.3 is 9.47 Å². The zero-order valence-electron chi connectivity index (χ0n) is 9.11. The third-order valence-electron chi connectivity index (χ3n) is 1.91. The van der Waals surface area contributed by atoms with Gasteiger partial charge in [-0.25, -0.2) is 4.39 Å². The Labute approximate surface area is 102 Å². The molecule has 0 aliphatic heterocycles. The summed E-state index contributed by atoms with van der Waals surface area (Å²) >= 11 is 3.21. The van der Waals surface area contributed by atoms with Crippen molar-refractivity contribution in [3.63, 3.8) is 0 Å². The molecule has 0 fully saturated rings. The van der Waals surface area contributed by atoms with Crippen molar-refractivity contribution in [1.82, 2.24) is 0 Å². The number of ether oxygens (including phenoxy) is 2. The van der Waals surface area contributed by atoms with Crippen molar-refractivity contribution < 1.29 is 13.9 Å². The minimum absolute atomic E-state index is 0.300. The molecule has 0 heterocycles. The van der Waals surface area contributed by atoms with Crippen molar-refractivity contribution in [2.24, 2.45) is 4.99 Å². The fourth-order valence-electron chi connectivity index (χ4n) is 1.14. The van der Waals surface area contributed by atoms with E-state index in [1.807, 2.05) is 0 Å². The van der Waals surface area contributed by atoms with Crippen LogP contribution in [0, 0.1) is 5.82 Å². The summed E-state index contributed by atoms with van der Waals surface area (Å²) in [5.74, 6) is -0.300. The van der Waals surface area contributed by atoms with Gasteiger partial charge in [-0.3, -0.25) is 4.99 Å². The van der Waals surface area contributed by atoms with Crippen LogP contribution < -0.4 is 0 Å². The van der Waals surface area contributed by atoms with Gasteiger partial charge in [0.15, 0.2) is 6.29 Å². The molecule has 1 aromatic carbocycles. The van der Waals surface area contributed by atoms with Crippen LogP contribution in [0.25, 0.3) is 0 Å². The molecule has 0 N–H and O–H groups in total. The lowest BCUT2D eigenvalue weighted by Crippen LogP contribution is -2.16. The molecule has 0 spiro atoms. The SMILES string of the molecule is COC(C/N=C/c1cc(F)cc(Br)c1)OC. The van der Waals surface area contributed by atoms with Gasteiger partial charge in [0.1, 0.15) is 5.82 Å². The van der Waals surface area contributed by atoms with E-state index in [1.165, 1.54) is 12.1 Å². The first-order valence-electron chi connectivity index (χ1n) is 4.67. The molecule has 5 heteroatoms. The third-order valence-corrected chi connectivity index (χ3v) is 2.36. The number of nitrogens with zero attached hydrogens (tertiary/aromatic N) is 1. The number of benzene rings is 1. The van der Waals surface area contributed by atoms with Gasteiger partial charge in [0, 0.05) is 24.9 Å². The summed E-state index contributed by atoms with van der Waals surface area (Å²) in [4.78, 5) is 4.10. The van der Waals surface area contributed by atoms with E-state index in [4.69, 9.17) is 9.47 Å². The Morgan fingerprint density at radius 2 is 2.06 bits per heavy atom.